The molecule has 1 aromatic heterocycles. The molecule has 0 spiro atoms. The van der Waals surface area contributed by atoms with Crippen molar-refractivity contribution in [1.29, 1.82) is 0 Å². The summed E-state index contributed by atoms with van der Waals surface area (Å²) in [5, 5.41) is 1.96. The zero-order chi connectivity index (χ0) is 14.8. The van der Waals surface area contributed by atoms with E-state index < -0.39 is 10.0 Å². The number of aryl methyl sites for hydroxylation is 1. The number of halogens is 1. The fourth-order valence-corrected chi connectivity index (χ4v) is 5.28. The maximum Gasteiger partial charge on any atom is 0.244 e. The quantitative estimate of drug-likeness (QED) is 0.793. The predicted molar refractivity (Wildman–Crippen MR) is 86.5 cm³/mol. The van der Waals surface area contributed by atoms with Gasteiger partial charge in [0, 0.05) is 22.4 Å². The van der Waals surface area contributed by atoms with Gasteiger partial charge < -0.3 is 0 Å². The van der Waals surface area contributed by atoms with Gasteiger partial charge in [0.05, 0.1) is 4.90 Å². The van der Waals surface area contributed by atoms with E-state index in [1.54, 1.807) is 17.4 Å². The van der Waals surface area contributed by atoms with Crippen LogP contribution >= 0.6 is 27.3 Å². The average Bonchev–Trinajstić information content (AvgIpc) is 2.88. The van der Waals surface area contributed by atoms with Gasteiger partial charge in [-0.25, -0.2) is 8.42 Å². The van der Waals surface area contributed by atoms with Gasteiger partial charge in [-0.2, -0.15) is 4.31 Å². The largest absolute Gasteiger partial charge is 0.244 e. The molecule has 0 atom stereocenters. The van der Waals surface area contributed by atoms with Gasteiger partial charge in [0.15, 0.2) is 0 Å². The third-order valence-corrected chi connectivity index (χ3v) is 6.73. The Labute approximate surface area is 132 Å². The highest BCUT2D eigenvalue weighted by Gasteiger charge is 2.25. The van der Waals surface area contributed by atoms with Gasteiger partial charge in [0.1, 0.15) is 0 Å². The highest BCUT2D eigenvalue weighted by molar-refractivity contribution is 9.10. The molecular weight excluding hydrogens is 358 g/mol. The van der Waals surface area contributed by atoms with Crippen LogP contribution in [0.4, 0.5) is 0 Å². The van der Waals surface area contributed by atoms with Crippen molar-refractivity contribution in [3.8, 4) is 0 Å². The monoisotopic (exact) mass is 373 g/mol. The maximum atomic E-state index is 12.7. The van der Waals surface area contributed by atoms with Crippen LogP contribution in [0.2, 0.25) is 0 Å². The van der Waals surface area contributed by atoms with Crippen LogP contribution in [0.25, 0.3) is 0 Å². The summed E-state index contributed by atoms with van der Waals surface area (Å²) in [6.07, 6.45) is 0. The summed E-state index contributed by atoms with van der Waals surface area (Å²) in [4.78, 5) is 1.36. The Hall–Kier alpha value is -0.690. The van der Waals surface area contributed by atoms with Gasteiger partial charge in [0.2, 0.25) is 10.0 Å². The van der Waals surface area contributed by atoms with Crippen LogP contribution in [0.15, 0.2) is 45.1 Å². The van der Waals surface area contributed by atoms with E-state index in [2.05, 4.69) is 15.9 Å². The molecule has 0 aliphatic heterocycles. The first kappa shape index (κ1) is 15.7. The Kier molecular flexibility index (Phi) is 5.01. The van der Waals surface area contributed by atoms with Crippen LogP contribution in [0.5, 0.6) is 0 Å². The summed E-state index contributed by atoms with van der Waals surface area (Å²) in [6.45, 7) is 4.65. The number of sulfonamides is 1. The number of thiophene rings is 1. The molecule has 3 nitrogen and oxygen atoms in total. The minimum atomic E-state index is -3.48. The molecular formula is C14H16BrNO2S2. The van der Waals surface area contributed by atoms with Crippen LogP contribution in [0, 0.1) is 6.92 Å². The number of nitrogens with zero attached hydrogens (tertiary/aromatic N) is 1. The van der Waals surface area contributed by atoms with Crippen LogP contribution in [0.1, 0.15) is 17.4 Å². The SMILES string of the molecule is CCN(Cc1cccs1)S(=O)(=O)c1ccc(C)cc1Br. The van der Waals surface area contributed by atoms with Gasteiger partial charge in [0.25, 0.3) is 0 Å². The van der Waals surface area contributed by atoms with Crippen LogP contribution in [-0.2, 0) is 16.6 Å². The second-order valence-electron chi connectivity index (χ2n) is 4.44. The fraction of sp³-hybridized carbons (Fsp3) is 0.286. The Morgan fingerprint density at radius 1 is 1.30 bits per heavy atom. The Bertz CT molecular complexity index is 681. The molecule has 0 aliphatic rings. The molecule has 0 aliphatic carbocycles. The van der Waals surface area contributed by atoms with Gasteiger partial charge in [-0.15, -0.1) is 11.3 Å². The molecule has 0 N–H and O–H groups in total. The Morgan fingerprint density at radius 2 is 2.05 bits per heavy atom. The lowest BCUT2D eigenvalue weighted by Crippen LogP contribution is -2.30. The van der Waals surface area contributed by atoms with Gasteiger partial charge in [-0.05, 0) is 52.0 Å². The first-order valence-corrected chi connectivity index (χ1v) is 9.35. The molecule has 2 aromatic rings. The second kappa shape index (κ2) is 6.39. The van der Waals surface area contributed by atoms with Crippen molar-refractivity contribution >= 4 is 37.3 Å². The first-order chi connectivity index (χ1) is 9.45. The highest BCUT2D eigenvalue weighted by Crippen LogP contribution is 2.27. The van der Waals surface area contributed by atoms with E-state index in [9.17, 15) is 8.42 Å². The van der Waals surface area contributed by atoms with E-state index in [0.717, 1.165) is 10.4 Å². The Balaban J connectivity index is 2.36. The van der Waals surface area contributed by atoms with Crippen LogP contribution in [0.3, 0.4) is 0 Å². The van der Waals surface area contributed by atoms with Crippen molar-refractivity contribution in [3.63, 3.8) is 0 Å². The lowest BCUT2D eigenvalue weighted by atomic mass is 10.2. The number of hydrogen-bond donors (Lipinski definition) is 0. The first-order valence-electron chi connectivity index (χ1n) is 6.24. The van der Waals surface area contributed by atoms with Crippen molar-refractivity contribution < 1.29 is 8.42 Å². The lowest BCUT2D eigenvalue weighted by molar-refractivity contribution is 0.426. The van der Waals surface area contributed by atoms with Crippen LogP contribution < -0.4 is 0 Å². The molecule has 0 fully saturated rings. The van der Waals surface area contributed by atoms with Crippen molar-refractivity contribution in [2.24, 2.45) is 0 Å². The summed E-state index contributed by atoms with van der Waals surface area (Å²) in [5.74, 6) is 0. The molecule has 2 rings (SSSR count). The smallest absolute Gasteiger partial charge is 0.207 e. The molecule has 0 saturated carbocycles. The molecule has 20 heavy (non-hydrogen) atoms. The van der Waals surface area contributed by atoms with Crippen molar-refractivity contribution in [3.05, 3.63) is 50.6 Å². The van der Waals surface area contributed by atoms with E-state index in [1.165, 1.54) is 4.31 Å². The van der Waals surface area contributed by atoms with E-state index in [4.69, 9.17) is 0 Å². The Morgan fingerprint density at radius 3 is 2.60 bits per heavy atom. The van der Waals surface area contributed by atoms with E-state index in [-0.39, 0.29) is 0 Å². The zero-order valence-corrected chi connectivity index (χ0v) is 14.6. The number of hydrogen-bond acceptors (Lipinski definition) is 3. The van der Waals surface area contributed by atoms with Crippen molar-refractivity contribution in [2.75, 3.05) is 6.54 Å². The zero-order valence-electron chi connectivity index (χ0n) is 11.3. The lowest BCUT2D eigenvalue weighted by Gasteiger charge is -2.20. The van der Waals surface area contributed by atoms with Crippen molar-refractivity contribution in [2.45, 2.75) is 25.3 Å². The van der Waals surface area contributed by atoms with Gasteiger partial charge >= 0.3 is 0 Å². The molecule has 1 heterocycles. The molecule has 108 valence electrons. The molecule has 0 amide bonds. The molecule has 0 unspecified atom stereocenters. The maximum absolute atomic E-state index is 12.7. The molecule has 0 saturated heterocycles. The third-order valence-electron chi connectivity index (χ3n) is 2.97. The number of rotatable bonds is 5. The summed E-state index contributed by atoms with van der Waals surface area (Å²) < 4.78 is 27.6. The second-order valence-corrected chi connectivity index (χ2v) is 8.24. The molecule has 0 bridgehead atoms. The summed E-state index contributed by atoms with van der Waals surface area (Å²) in [5.41, 5.74) is 1.03. The standard InChI is InChI=1S/C14H16BrNO2S2/c1-3-16(10-12-5-4-8-19-12)20(17,18)14-7-6-11(2)9-13(14)15/h4-9H,3,10H2,1-2H3. The summed E-state index contributed by atoms with van der Waals surface area (Å²) >= 11 is 4.92. The topological polar surface area (TPSA) is 37.4 Å². The average molecular weight is 374 g/mol. The molecule has 0 radical (unpaired) electrons. The van der Waals surface area contributed by atoms with E-state index in [1.807, 2.05) is 43.5 Å². The fourth-order valence-electron chi connectivity index (χ4n) is 1.90. The normalized spacial score (nSPS) is 12.0. The molecule has 1 aromatic carbocycles. The van der Waals surface area contributed by atoms with Gasteiger partial charge in [-0.3, -0.25) is 0 Å². The minimum absolute atomic E-state index is 0.321. The van der Waals surface area contributed by atoms with Gasteiger partial charge in [-0.1, -0.05) is 19.1 Å². The van der Waals surface area contributed by atoms with E-state index >= 15 is 0 Å². The highest BCUT2D eigenvalue weighted by atomic mass is 79.9. The third kappa shape index (κ3) is 3.31. The number of benzene rings is 1. The van der Waals surface area contributed by atoms with Crippen LogP contribution in [-0.4, -0.2) is 19.3 Å². The summed E-state index contributed by atoms with van der Waals surface area (Å²) in [7, 11) is -3.48. The summed E-state index contributed by atoms with van der Waals surface area (Å²) in [6, 6.07) is 9.18. The predicted octanol–water partition coefficient (Wildman–Crippen LogP) is 4.03. The molecule has 6 heteroatoms. The van der Waals surface area contributed by atoms with E-state index in [0.29, 0.717) is 22.5 Å². The minimum Gasteiger partial charge on any atom is -0.207 e. The van der Waals surface area contributed by atoms with Crippen molar-refractivity contribution in [1.82, 2.24) is 4.31 Å².